The summed E-state index contributed by atoms with van der Waals surface area (Å²) in [7, 11) is -1.36. The van der Waals surface area contributed by atoms with E-state index in [-0.39, 0.29) is 0 Å². The van der Waals surface area contributed by atoms with Crippen molar-refractivity contribution in [3.63, 3.8) is 0 Å². The Labute approximate surface area is 127 Å². The second-order valence-corrected chi connectivity index (χ2v) is 7.78. The molecule has 0 atom stereocenters. The largest absolute Gasteiger partial charge is 0.370 e. The lowest BCUT2D eigenvalue weighted by molar-refractivity contribution is 0.222. The molecule has 0 radical (unpaired) electrons. The molecular weight excluding hydrogens is 286 g/mol. The zero-order valence-electron chi connectivity index (χ0n) is 12.5. The summed E-state index contributed by atoms with van der Waals surface area (Å²) >= 11 is 0. The van der Waals surface area contributed by atoms with E-state index in [4.69, 9.17) is 0 Å². The van der Waals surface area contributed by atoms with Crippen LogP contribution < -0.4 is 4.90 Å². The van der Waals surface area contributed by atoms with Crippen molar-refractivity contribution in [2.45, 2.75) is 17.7 Å². The Morgan fingerprint density at radius 2 is 1.52 bits per heavy atom. The molecule has 0 amide bonds. The molecule has 0 N–H and O–H groups in total. The molecule has 5 nitrogen and oxygen atoms in total. The fraction of sp³-hybridized carbons (Fsp3) is 0.600. The molecule has 0 spiro atoms. The first-order valence-corrected chi connectivity index (χ1v) is 9.06. The number of benzene rings is 1. The Morgan fingerprint density at radius 3 is 2.19 bits per heavy atom. The van der Waals surface area contributed by atoms with E-state index < -0.39 is 10.0 Å². The fourth-order valence-electron chi connectivity index (χ4n) is 3.06. The quantitative estimate of drug-likeness (QED) is 0.842. The molecule has 1 aromatic carbocycles. The van der Waals surface area contributed by atoms with Crippen molar-refractivity contribution in [2.24, 2.45) is 0 Å². The second-order valence-electron chi connectivity index (χ2n) is 5.87. The first-order chi connectivity index (χ1) is 10.1. The first-order valence-electron chi connectivity index (χ1n) is 7.62. The number of nitrogens with zero attached hydrogens (tertiary/aromatic N) is 3. The molecule has 0 bridgehead atoms. The molecule has 0 aromatic heterocycles. The van der Waals surface area contributed by atoms with Gasteiger partial charge in [-0.2, -0.15) is 4.31 Å². The lowest BCUT2D eigenvalue weighted by atomic mass is 10.3. The third kappa shape index (κ3) is 2.93. The monoisotopic (exact) mass is 309 g/mol. The first kappa shape index (κ1) is 14.8. The average molecular weight is 309 g/mol. The predicted octanol–water partition coefficient (Wildman–Crippen LogP) is 1.22. The molecule has 2 fully saturated rings. The molecule has 0 aliphatic carbocycles. The van der Waals surface area contributed by atoms with Gasteiger partial charge < -0.3 is 9.80 Å². The number of hydrogen-bond donors (Lipinski definition) is 0. The second kappa shape index (κ2) is 5.94. The molecule has 2 heterocycles. The normalized spacial score (nSPS) is 21.9. The minimum atomic E-state index is -3.39. The van der Waals surface area contributed by atoms with Crippen LogP contribution in [0.25, 0.3) is 0 Å². The van der Waals surface area contributed by atoms with Crippen LogP contribution >= 0.6 is 0 Å². The van der Waals surface area contributed by atoms with E-state index in [1.165, 1.54) is 0 Å². The van der Waals surface area contributed by atoms with Crippen LogP contribution in [0.3, 0.4) is 0 Å². The number of sulfonamides is 1. The van der Waals surface area contributed by atoms with E-state index in [1.807, 2.05) is 25.2 Å². The smallest absolute Gasteiger partial charge is 0.245 e. The summed E-state index contributed by atoms with van der Waals surface area (Å²) in [5.74, 6) is 0. The van der Waals surface area contributed by atoms with Crippen LogP contribution in [0.1, 0.15) is 12.8 Å². The van der Waals surface area contributed by atoms with Crippen molar-refractivity contribution < 1.29 is 8.42 Å². The summed E-state index contributed by atoms with van der Waals surface area (Å²) in [6, 6.07) is 7.44. The highest BCUT2D eigenvalue weighted by Crippen LogP contribution is 2.30. The highest BCUT2D eigenvalue weighted by molar-refractivity contribution is 7.89. The zero-order chi connectivity index (χ0) is 14.9. The van der Waals surface area contributed by atoms with Crippen molar-refractivity contribution in [2.75, 3.05) is 51.2 Å². The number of piperazine rings is 1. The highest BCUT2D eigenvalue weighted by Gasteiger charge is 2.30. The Balaban J connectivity index is 1.91. The summed E-state index contributed by atoms with van der Waals surface area (Å²) in [5.41, 5.74) is 0.869. The number of anilines is 1. The maximum atomic E-state index is 13.0. The SMILES string of the molecule is CN1CCN(S(=O)(=O)c2ccccc2N2CCCC2)CC1. The standard InChI is InChI=1S/C15H23N3O2S/c1-16-10-12-18(13-11-16)21(19,20)15-7-3-2-6-14(15)17-8-4-5-9-17/h2-3,6-7H,4-5,8-13H2,1H3. The van der Waals surface area contributed by atoms with Gasteiger partial charge in [-0.3, -0.25) is 0 Å². The van der Waals surface area contributed by atoms with Gasteiger partial charge in [0.25, 0.3) is 0 Å². The van der Waals surface area contributed by atoms with E-state index in [9.17, 15) is 8.42 Å². The van der Waals surface area contributed by atoms with Crippen LogP contribution in [-0.4, -0.2) is 63.9 Å². The Bertz CT molecular complexity index is 589. The Hall–Kier alpha value is -1.11. The van der Waals surface area contributed by atoms with Gasteiger partial charge in [0.1, 0.15) is 4.90 Å². The minimum Gasteiger partial charge on any atom is -0.370 e. The van der Waals surface area contributed by atoms with Crippen molar-refractivity contribution in [1.29, 1.82) is 0 Å². The number of para-hydroxylation sites is 1. The van der Waals surface area contributed by atoms with Gasteiger partial charge in [0.05, 0.1) is 5.69 Å². The molecule has 2 saturated heterocycles. The van der Waals surface area contributed by atoms with Gasteiger partial charge in [-0.15, -0.1) is 0 Å². The van der Waals surface area contributed by atoms with E-state index in [0.717, 1.165) is 44.7 Å². The van der Waals surface area contributed by atoms with Gasteiger partial charge in [-0.25, -0.2) is 8.42 Å². The van der Waals surface area contributed by atoms with Crippen molar-refractivity contribution in [1.82, 2.24) is 9.21 Å². The summed E-state index contributed by atoms with van der Waals surface area (Å²) in [4.78, 5) is 4.83. The molecule has 116 valence electrons. The Kier molecular flexibility index (Phi) is 4.19. The third-order valence-corrected chi connectivity index (χ3v) is 6.34. The van der Waals surface area contributed by atoms with E-state index in [2.05, 4.69) is 9.80 Å². The van der Waals surface area contributed by atoms with Crippen LogP contribution in [0.15, 0.2) is 29.2 Å². The highest BCUT2D eigenvalue weighted by atomic mass is 32.2. The van der Waals surface area contributed by atoms with Gasteiger partial charge in [-0.1, -0.05) is 12.1 Å². The van der Waals surface area contributed by atoms with Crippen LogP contribution in [0, 0.1) is 0 Å². The molecule has 3 rings (SSSR count). The fourth-order valence-corrected chi connectivity index (χ4v) is 4.70. The maximum absolute atomic E-state index is 13.0. The number of likely N-dealkylation sites (N-methyl/N-ethyl adjacent to an activating group) is 1. The summed E-state index contributed by atoms with van der Waals surface area (Å²) < 4.78 is 27.5. The van der Waals surface area contributed by atoms with E-state index in [1.54, 1.807) is 10.4 Å². The molecule has 0 unspecified atom stereocenters. The van der Waals surface area contributed by atoms with Crippen LogP contribution in [-0.2, 0) is 10.0 Å². The Morgan fingerprint density at radius 1 is 0.905 bits per heavy atom. The molecule has 0 saturated carbocycles. The molecule has 2 aliphatic rings. The minimum absolute atomic E-state index is 0.469. The van der Waals surface area contributed by atoms with Crippen molar-refractivity contribution >= 4 is 15.7 Å². The predicted molar refractivity (Wildman–Crippen MR) is 84.1 cm³/mol. The lowest BCUT2D eigenvalue weighted by Crippen LogP contribution is -2.47. The summed E-state index contributed by atoms with van der Waals surface area (Å²) in [5, 5.41) is 0. The van der Waals surface area contributed by atoms with E-state index >= 15 is 0 Å². The summed E-state index contributed by atoms with van der Waals surface area (Å²) in [6.07, 6.45) is 2.28. The van der Waals surface area contributed by atoms with Gasteiger partial charge in [0.15, 0.2) is 0 Å². The van der Waals surface area contributed by atoms with Gasteiger partial charge in [-0.05, 0) is 32.0 Å². The maximum Gasteiger partial charge on any atom is 0.245 e. The average Bonchev–Trinajstić information content (AvgIpc) is 3.02. The van der Waals surface area contributed by atoms with Crippen LogP contribution in [0.2, 0.25) is 0 Å². The van der Waals surface area contributed by atoms with Gasteiger partial charge in [0.2, 0.25) is 10.0 Å². The lowest BCUT2D eigenvalue weighted by Gasteiger charge is -2.32. The van der Waals surface area contributed by atoms with Crippen molar-refractivity contribution in [3.05, 3.63) is 24.3 Å². The third-order valence-electron chi connectivity index (χ3n) is 4.39. The number of hydrogen-bond acceptors (Lipinski definition) is 4. The van der Waals surface area contributed by atoms with Gasteiger partial charge >= 0.3 is 0 Å². The zero-order valence-corrected chi connectivity index (χ0v) is 13.3. The van der Waals surface area contributed by atoms with E-state index in [0.29, 0.717) is 18.0 Å². The molecular formula is C15H23N3O2S. The molecule has 2 aliphatic heterocycles. The molecule has 21 heavy (non-hydrogen) atoms. The van der Waals surface area contributed by atoms with Crippen LogP contribution in [0.5, 0.6) is 0 Å². The van der Waals surface area contributed by atoms with Crippen molar-refractivity contribution in [3.8, 4) is 0 Å². The van der Waals surface area contributed by atoms with Gasteiger partial charge in [0, 0.05) is 39.3 Å². The topological polar surface area (TPSA) is 43.9 Å². The molecule has 1 aromatic rings. The van der Waals surface area contributed by atoms with Crippen LogP contribution in [0.4, 0.5) is 5.69 Å². The number of rotatable bonds is 3. The molecule has 6 heteroatoms. The summed E-state index contributed by atoms with van der Waals surface area (Å²) in [6.45, 7) is 4.65.